The van der Waals surface area contributed by atoms with Crippen LogP contribution in [0.15, 0.2) is 71.9 Å². The first-order valence-corrected chi connectivity index (χ1v) is 7.43. The van der Waals surface area contributed by atoms with Crippen LogP contribution in [-0.2, 0) is 0 Å². The van der Waals surface area contributed by atoms with Crippen LogP contribution in [0.1, 0.15) is 0 Å². The van der Waals surface area contributed by atoms with E-state index in [0.717, 1.165) is 16.7 Å². The molecule has 108 valence electrons. The first kappa shape index (κ1) is 14.8. The molecule has 3 aromatic carbocycles. The van der Waals surface area contributed by atoms with Gasteiger partial charge in [0, 0.05) is 10.6 Å². The summed E-state index contributed by atoms with van der Waals surface area (Å²) in [6.45, 7) is 0. The molecule has 0 aliphatic heterocycles. The van der Waals surface area contributed by atoms with Crippen LogP contribution in [0.5, 0.6) is 0 Å². The highest BCUT2D eigenvalue weighted by Gasteiger charge is 2.14. The molecule has 0 atom stereocenters. The van der Waals surface area contributed by atoms with E-state index in [0.29, 0.717) is 21.3 Å². The van der Waals surface area contributed by atoms with Crippen LogP contribution in [0.25, 0.3) is 22.3 Å². The Balaban J connectivity index is 2.26. The van der Waals surface area contributed by atoms with Gasteiger partial charge in [-0.15, -0.1) is 4.91 Å². The molecule has 0 fully saturated rings. The van der Waals surface area contributed by atoms with Crippen LogP contribution < -0.4 is 0 Å². The zero-order valence-electron chi connectivity index (χ0n) is 11.5. The van der Waals surface area contributed by atoms with E-state index >= 15 is 0 Å². The first-order valence-electron chi connectivity index (χ1n) is 6.68. The quantitative estimate of drug-likeness (QED) is 0.490. The molecule has 4 heteroatoms. The molecular weight excluding hydrogens is 317 g/mol. The average Bonchev–Trinajstić information content (AvgIpc) is 2.55. The summed E-state index contributed by atoms with van der Waals surface area (Å²) in [5.41, 5.74) is 3.80. The molecule has 2 nitrogen and oxygen atoms in total. The van der Waals surface area contributed by atoms with Gasteiger partial charge in [-0.1, -0.05) is 65.7 Å². The maximum atomic E-state index is 11.1. The third-order valence-corrected chi connectivity index (χ3v) is 4.01. The lowest BCUT2D eigenvalue weighted by atomic mass is 9.94. The van der Waals surface area contributed by atoms with Gasteiger partial charge in [-0.05, 0) is 46.1 Å². The smallest absolute Gasteiger partial charge is 0.117 e. The maximum absolute atomic E-state index is 11.1. The van der Waals surface area contributed by atoms with E-state index < -0.39 is 0 Å². The predicted molar refractivity (Wildman–Crippen MR) is 92.8 cm³/mol. The molecule has 0 unspecified atom stereocenters. The first-order chi connectivity index (χ1) is 10.7. The van der Waals surface area contributed by atoms with Gasteiger partial charge in [-0.2, -0.15) is 0 Å². The fraction of sp³-hybridized carbons (Fsp3) is 0. The van der Waals surface area contributed by atoms with Crippen LogP contribution in [0.3, 0.4) is 0 Å². The van der Waals surface area contributed by atoms with Gasteiger partial charge in [-0.25, -0.2) is 0 Å². The minimum absolute atomic E-state index is 0.328. The lowest BCUT2D eigenvalue weighted by molar-refractivity contribution is 1.48. The lowest BCUT2D eigenvalue weighted by Crippen LogP contribution is -1.87. The van der Waals surface area contributed by atoms with E-state index in [1.165, 1.54) is 0 Å². The summed E-state index contributed by atoms with van der Waals surface area (Å²) >= 11 is 12.3. The lowest BCUT2D eigenvalue weighted by Gasteiger charge is -2.12. The summed E-state index contributed by atoms with van der Waals surface area (Å²) in [5.74, 6) is 0. The fourth-order valence-corrected chi connectivity index (χ4v) is 2.84. The molecule has 0 saturated carbocycles. The molecule has 3 aromatic rings. The Morgan fingerprint density at radius 2 is 1.41 bits per heavy atom. The molecule has 0 radical (unpaired) electrons. The normalized spacial score (nSPS) is 10.5. The van der Waals surface area contributed by atoms with Crippen molar-refractivity contribution in [2.24, 2.45) is 5.18 Å². The SMILES string of the molecule is O=Nc1cccc(Cl)c1-c1ccccc1-c1ccc(Cl)cc1. The second-order valence-electron chi connectivity index (χ2n) is 4.78. The summed E-state index contributed by atoms with van der Waals surface area (Å²) in [5, 5.41) is 4.27. The van der Waals surface area contributed by atoms with E-state index in [2.05, 4.69) is 5.18 Å². The maximum Gasteiger partial charge on any atom is 0.117 e. The molecule has 0 spiro atoms. The molecule has 0 aliphatic carbocycles. The van der Waals surface area contributed by atoms with Crippen LogP contribution in [0.4, 0.5) is 5.69 Å². The highest BCUT2D eigenvalue weighted by atomic mass is 35.5. The average molecular weight is 328 g/mol. The highest BCUT2D eigenvalue weighted by molar-refractivity contribution is 6.34. The standard InChI is InChI=1S/C18H11Cl2NO/c19-13-10-8-12(9-11-13)14-4-1-2-5-15(14)18-16(20)6-3-7-17(18)21-22/h1-11H. The number of hydrogen-bond acceptors (Lipinski definition) is 2. The molecule has 0 heterocycles. The molecule has 0 aromatic heterocycles. The Hall–Kier alpha value is -2.16. The molecule has 3 rings (SSSR count). The van der Waals surface area contributed by atoms with Crippen molar-refractivity contribution < 1.29 is 0 Å². The minimum Gasteiger partial charge on any atom is -0.145 e. The Labute approximate surface area is 138 Å². The molecule has 0 saturated heterocycles. The summed E-state index contributed by atoms with van der Waals surface area (Å²) in [6, 6.07) is 20.4. The monoisotopic (exact) mass is 327 g/mol. The topological polar surface area (TPSA) is 29.4 Å². The number of nitrogens with zero attached hydrogens (tertiary/aromatic N) is 1. The largest absolute Gasteiger partial charge is 0.145 e. The summed E-state index contributed by atoms with van der Waals surface area (Å²) in [6.07, 6.45) is 0. The van der Waals surface area contributed by atoms with E-state index in [1.54, 1.807) is 18.2 Å². The Morgan fingerprint density at radius 1 is 0.727 bits per heavy atom. The third kappa shape index (κ3) is 2.76. The van der Waals surface area contributed by atoms with E-state index in [4.69, 9.17) is 23.2 Å². The van der Waals surface area contributed by atoms with Crippen molar-refractivity contribution in [3.05, 3.63) is 81.7 Å². The highest BCUT2D eigenvalue weighted by Crippen LogP contribution is 2.41. The van der Waals surface area contributed by atoms with Gasteiger partial charge < -0.3 is 0 Å². The van der Waals surface area contributed by atoms with Crippen molar-refractivity contribution in [3.8, 4) is 22.3 Å². The predicted octanol–water partition coefficient (Wildman–Crippen LogP) is 6.73. The van der Waals surface area contributed by atoms with Crippen LogP contribution in [-0.4, -0.2) is 0 Å². The molecular formula is C18H11Cl2NO. The second kappa shape index (κ2) is 6.30. The number of nitroso groups, excluding NO2 is 1. The van der Waals surface area contributed by atoms with E-state index in [-0.39, 0.29) is 0 Å². The van der Waals surface area contributed by atoms with Crippen molar-refractivity contribution in [2.45, 2.75) is 0 Å². The van der Waals surface area contributed by atoms with Gasteiger partial charge >= 0.3 is 0 Å². The number of hydrogen-bond donors (Lipinski definition) is 0. The summed E-state index contributed by atoms with van der Waals surface area (Å²) < 4.78 is 0. The molecule has 22 heavy (non-hydrogen) atoms. The Kier molecular flexibility index (Phi) is 4.23. The summed E-state index contributed by atoms with van der Waals surface area (Å²) in [7, 11) is 0. The molecule has 0 bridgehead atoms. The van der Waals surface area contributed by atoms with Crippen molar-refractivity contribution in [3.63, 3.8) is 0 Å². The van der Waals surface area contributed by atoms with Gasteiger partial charge in [0.2, 0.25) is 0 Å². The van der Waals surface area contributed by atoms with Crippen molar-refractivity contribution >= 4 is 28.9 Å². The molecule has 0 amide bonds. The van der Waals surface area contributed by atoms with Crippen molar-refractivity contribution in [2.75, 3.05) is 0 Å². The van der Waals surface area contributed by atoms with Crippen LogP contribution in [0.2, 0.25) is 10.0 Å². The van der Waals surface area contributed by atoms with Crippen molar-refractivity contribution in [1.29, 1.82) is 0 Å². The van der Waals surface area contributed by atoms with Crippen LogP contribution >= 0.6 is 23.2 Å². The van der Waals surface area contributed by atoms with E-state index in [9.17, 15) is 4.91 Å². The summed E-state index contributed by atoms with van der Waals surface area (Å²) in [4.78, 5) is 11.1. The van der Waals surface area contributed by atoms with Gasteiger partial charge in [0.05, 0.1) is 5.02 Å². The van der Waals surface area contributed by atoms with Gasteiger partial charge in [-0.3, -0.25) is 0 Å². The Bertz CT molecular complexity index is 829. The van der Waals surface area contributed by atoms with Gasteiger partial charge in [0.25, 0.3) is 0 Å². The fourth-order valence-electron chi connectivity index (χ4n) is 2.44. The number of benzene rings is 3. The van der Waals surface area contributed by atoms with E-state index in [1.807, 2.05) is 48.5 Å². The third-order valence-electron chi connectivity index (χ3n) is 3.44. The van der Waals surface area contributed by atoms with Crippen molar-refractivity contribution in [1.82, 2.24) is 0 Å². The Morgan fingerprint density at radius 3 is 2.09 bits per heavy atom. The van der Waals surface area contributed by atoms with Gasteiger partial charge in [0.1, 0.15) is 5.69 Å². The molecule has 0 aliphatic rings. The van der Waals surface area contributed by atoms with Crippen LogP contribution in [0, 0.1) is 4.91 Å². The zero-order chi connectivity index (χ0) is 15.5. The second-order valence-corrected chi connectivity index (χ2v) is 5.62. The number of halogens is 2. The van der Waals surface area contributed by atoms with Gasteiger partial charge in [0.15, 0.2) is 0 Å². The molecule has 0 N–H and O–H groups in total. The number of rotatable bonds is 3. The minimum atomic E-state index is 0.328. The zero-order valence-corrected chi connectivity index (χ0v) is 13.0.